The summed E-state index contributed by atoms with van der Waals surface area (Å²) in [5.74, 6) is 1.63. The summed E-state index contributed by atoms with van der Waals surface area (Å²) in [6.45, 7) is 4.22. The Morgan fingerprint density at radius 2 is 1.61 bits per heavy atom. The molecule has 0 unspecified atom stereocenters. The van der Waals surface area contributed by atoms with Gasteiger partial charge < -0.3 is 0 Å². The molecule has 5 aromatic rings. The molecule has 0 bridgehead atoms. The van der Waals surface area contributed by atoms with Gasteiger partial charge in [0.2, 0.25) is 4.96 Å². The topological polar surface area (TPSA) is 60.9 Å². The maximum absolute atomic E-state index is 4.79. The van der Waals surface area contributed by atoms with Crippen molar-refractivity contribution in [2.45, 2.75) is 37.3 Å². The van der Waals surface area contributed by atoms with Gasteiger partial charge >= 0.3 is 0 Å². The van der Waals surface area contributed by atoms with Crippen molar-refractivity contribution in [3.63, 3.8) is 0 Å². The molecule has 3 heterocycles. The van der Waals surface area contributed by atoms with Crippen LogP contribution in [0.2, 0.25) is 0 Å². The number of fused-ring (bicyclic) bond motifs is 1. The van der Waals surface area contributed by atoms with E-state index in [1.54, 1.807) is 23.1 Å². The SMILES string of the molecule is Cc1nn(-c2ccccc2)c(C)c1CCc1nn2c(CSc3ccccc3)nnc2s1. The highest BCUT2D eigenvalue weighted by Gasteiger charge is 2.16. The fraction of sp³-hybridized carbons (Fsp3) is 0.217. The van der Waals surface area contributed by atoms with Gasteiger partial charge in [-0.3, -0.25) is 0 Å². The Labute approximate surface area is 189 Å². The molecule has 0 aliphatic rings. The molecule has 0 amide bonds. The average Bonchev–Trinajstić information content (AvgIpc) is 3.45. The second-order valence-corrected chi connectivity index (χ2v) is 9.39. The van der Waals surface area contributed by atoms with E-state index in [1.165, 1.54) is 16.2 Å². The van der Waals surface area contributed by atoms with Gasteiger partial charge in [0.25, 0.3) is 0 Å². The molecule has 5 rings (SSSR count). The first kappa shape index (κ1) is 20.0. The molecule has 156 valence electrons. The number of benzene rings is 2. The smallest absolute Gasteiger partial charge is 0.234 e. The number of hydrogen-bond acceptors (Lipinski definition) is 6. The van der Waals surface area contributed by atoms with Crippen LogP contribution in [0.4, 0.5) is 0 Å². The summed E-state index contributed by atoms with van der Waals surface area (Å²) >= 11 is 3.36. The molecule has 0 fully saturated rings. The molecule has 0 aliphatic heterocycles. The van der Waals surface area contributed by atoms with Gasteiger partial charge in [0.15, 0.2) is 5.82 Å². The minimum absolute atomic E-state index is 0.746. The predicted molar refractivity (Wildman–Crippen MR) is 125 cm³/mol. The average molecular weight is 447 g/mol. The van der Waals surface area contributed by atoms with Gasteiger partial charge in [0.1, 0.15) is 5.01 Å². The summed E-state index contributed by atoms with van der Waals surface area (Å²) in [7, 11) is 0. The molecule has 31 heavy (non-hydrogen) atoms. The summed E-state index contributed by atoms with van der Waals surface area (Å²) in [5, 5.41) is 19.3. The van der Waals surface area contributed by atoms with E-state index in [4.69, 9.17) is 10.2 Å². The lowest BCUT2D eigenvalue weighted by Crippen LogP contribution is -2.00. The van der Waals surface area contributed by atoms with E-state index in [2.05, 4.69) is 48.3 Å². The molecular formula is C23H22N6S2. The van der Waals surface area contributed by atoms with Crippen molar-refractivity contribution in [3.05, 3.63) is 88.4 Å². The van der Waals surface area contributed by atoms with E-state index >= 15 is 0 Å². The second kappa shape index (κ2) is 8.64. The van der Waals surface area contributed by atoms with Crippen LogP contribution in [-0.4, -0.2) is 29.6 Å². The molecule has 0 N–H and O–H groups in total. The molecule has 0 saturated carbocycles. The van der Waals surface area contributed by atoms with Gasteiger partial charge in [0.05, 0.1) is 17.1 Å². The van der Waals surface area contributed by atoms with Crippen molar-refractivity contribution in [1.29, 1.82) is 0 Å². The van der Waals surface area contributed by atoms with Crippen LogP contribution < -0.4 is 0 Å². The molecule has 6 nitrogen and oxygen atoms in total. The number of aryl methyl sites for hydroxylation is 2. The molecule has 0 atom stereocenters. The van der Waals surface area contributed by atoms with Crippen LogP contribution in [0.15, 0.2) is 65.6 Å². The monoisotopic (exact) mass is 446 g/mol. The summed E-state index contributed by atoms with van der Waals surface area (Å²) in [6, 6.07) is 20.6. The standard InChI is InChI=1S/C23H22N6S2/c1-16-20(17(2)28(26-16)18-9-5-3-6-10-18)13-14-22-27-29-21(24-25-23(29)31-22)15-30-19-11-7-4-8-12-19/h3-12H,13-15H2,1-2H3. The number of aromatic nitrogens is 6. The Balaban J connectivity index is 1.31. The fourth-order valence-corrected chi connectivity index (χ4v) is 5.32. The Morgan fingerprint density at radius 1 is 0.871 bits per heavy atom. The highest BCUT2D eigenvalue weighted by atomic mass is 32.2. The molecule has 0 saturated heterocycles. The van der Waals surface area contributed by atoms with Crippen molar-refractivity contribution >= 4 is 28.1 Å². The zero-order valence-electron chi connectivity index (χ0n) is 17.4. The molecule has 2 aromatic carbocycles. The first-order valence-corrected chi connectivity index (χ1v) is 12.0. The third kappa shape index (κ3) is 4.13. The maximum atomic E-state index is 4.79. The second-order valence-electron chi connectivity index (χ2n) is 7.30. The predicted octanol–water partition coefficient (Wildman–Crippen LogP) is 5.07. The van der Waals surface area contributed by atoms with Crippen LogP contribution in [0.5, 0.6) is 0 Å². The van der Waals surface area contributed by atoms with Crippen LogP contribution in [0, 0.1) is 13.8 Å². The number of hydrogen-bond donors (Lipinski definition) is 0. The first-order valence-electron chi connectivity index (χ1n) is 10.2. The van der Waals surface area contributed by atoms with Crippen molar-refractivity contribution in [3.8, 4) is 5.69 Å². The van der Waals surface area contributed by atoms with E-state index < -0.39 is 0 Å². The maximum Gasteiger partial charge on any atom is 0.234 e. The van der Waals surface area contributed by atoms with Crippen LogP contribution in [0.1, 0.15) is 27.8 Å². The summed E-state index contributed by atoms with van der Waals surface area (Å²) in [6.07, 6.45) is 1.77. The number of para-hydroxylation sites is 1. The van der Waals surface area contributed by atoms with Gasteiger partial charge in [0, 0.05) is 17.0 Å². The largest absolute Gasteiger partial charge is 0.238 e. The lowest BCUT2D eigenvalue weighted by Gasteiger charge is -2.04. The van der Waals surface area contributed by atoms with Crippen molar-refractivity contribution in [1.82, 2.24) is 29.6 Å². The van der Waals surface area contributed by atoms with Gasteiger partial charge in [-0.15, -0.1) is 22.0 Å². The highest BCUT2D eigenvalue weighted by molar-refractivity contribution is 7.98. The summed E-state index contributed by atoms with van der Waals surface area (Å²) < 4.78 is 3.92. The van der Waals surface area contributed by atoms with Gasteiger partial charge in [-0.2, -0.15) is 14.7 Å². The van der Waals surface area contributed by atoms with E-state index in [1.807, 2.05) is 45.6 Å². The Bertz CT molecular complexity index is 1300. The third-order valence-electron chi connectivity index (χ3n) is 5.24. The van der Waals surface area contributed by atoms with Crippen LogP contribution in [0.25, 0.3) is 10.6 Å². The Hall–Kier alpha value is -2.97. The fourth-order valence-electron chi connectivity index (χ4n) is 3.64. The van der Waals surface area contributed by atoms with Gasteiger partial charge in [-0.05, 0) is 50.1 Å². The van der Waals surface area contributed by atoms with Gasteiger partial charge in [-0.1, -0.05) is 47.7 Å². The van der Waals surface area contributed by atoms with E-state index in [-0.39, 0.29) is 0 Å². The first-order chi connectivity index (χ1) is 15.2. The quantitative estimate of drug-likeness (QED) is 0.327. The molecular weight excluding hydrogens is 424 g/mol. The van der Waals surface area contributed by atoms with Crippen molar-refractivity contribution < 1.29 is 0 Å². The molecule has 0 aliphatic carbocycles. The van der Waals surface area contributed by atoms with Crippen LogP contribution in [-0.2, 0) is 18.6 Å². The van der Waals surface area contributed by atoms with E-state index in [0.717, 1.165) is 45.8 Å². The van der Waals surface area contributed by atoms with Crippen LogP contribution >= 0.6 is 23.1 Å². The third-order valence-corrected chi connectivity index (χ3v) is 7.21. The minimum atomic E-state index is 0.746. The normalized spacial score (nSPS) is 11.4. The van der Waals surface area contributed by atoms with Crippen LogP contribution in [0.3, 0.4) is 0 Å². The minimum Gasteiger partial charge on any atom is -0.238 e. The Morgan fingerprint density at radius 3 is 2.39 bits per heavy atom. The van der Waals surface area contributed by atoms with E-state index in [9.17, 15) is 0 Å². The summed E-state index contributed by atoms with van der Waals surface area (Å²) in [5.41, 5.74) is 4.64. The van der Waals surface area contributed by atoms with Crippen molar-refractivity contribution in [2.24, 2.45) is 0 Å². The number of rotatable bonds is 7. The Kier molecular flexibility index (Phi) is 5.57. The zero-order valence-corrected chi connectivity index (χ0v) is 19.0. The highest BCUT2D eigenvalue weighted by Crippen LogP contribution is 2.24. The molecule has 3 aromatic heterocycles. The number of thioether (sulfide) groups is 1. The molecule has 0 radical (unpaired) electrons. The molecule has 8 heteroatoms. The number of nitrogens with zero attached hydrogens (tertiary/aromatic N) is 6. The lowest BCUT2D eigenvalue weighted by atomic mass is 10.1. The lowest BCUT2D eigenvalue weighted by molar-refractivity contribution is 0.820. The zero-order chi connectivity index (χ0) is 21.2. The van der Waals surface area contributed by atoms with Gasteiger partial charge in [-0.25, -0.2) is 4.68 Å². The van der Waals surface area contributed by atoms with E-state index in [0.29, 0.717) is 0 Å². The summed E-state index contributed by atoms with van der Waals surface area (Å²) in [4.78, 5) is 2.07. The van der Waals surface area contributed by atoms with Crippen molar-refractivity contribution in [2.75, 3.05) is 0 Å². The molecule has 0 spiro atoms.